The maximum atomic E-state index is 14.5. The van der Waals surface area contributed by atoms with E-state index in [0.717, 1.165) is 16.7 Å². The Kier molecular flexibility index (Phi) is 8.09. The van der Waals surface area contributed by atoms with Gasteiger partial charge in [0.05, 0.1) is 22.8 Å². The van der Waals surface area contributed by atoms with E-state index < -0.39 is 16.2 Å². The van der Waals surface area contributed by atoms with Gasteiger partial charge in [-0.25, -0.2) is 8.42 Å². The van der Waals surface area contributed by atoms with Crippen LogP contribution in [0.5, 0.6) is 5.75 Å². The summed E-state index contributed by atoms with van der Waals surface area (Å²) in [5.74, 6) is 0.406. The Morgan fingerprint density at radius 1 is 0.795 bits per heavy atom. The van der Waals surface area contributed by atoms with Crippen molar-refractivity contribution in [3.05, 3.63) is 150 Å². The predicted molar refractivity (Wildman–Crippen MR) is 175 cm³/mol. The van der Waals surface area contributed by atoms with Crippen LogP contribution in [-0.4, -0.2) is 20.9 Å². The number of aryl methyl sites for hydroxylation is 1. The summed E-state index contributed by atoms with van der Waals surface area (Å²) in [6, 6.07) is 39.2. The molecule has 0 unspecified atom stereocenters. The lowest BCUT2D eigenvalue weighted by Crippen LogP contribution is -2.49. The smallest absolute Gasteiger partial charge is 0.262 e. The van der Waals surface area contributed by atoms with E-state index in [4.69, 9.17) is 4.74 Å². The van der Waals surface area contributed by atoms with Crippen LogP contribution >= 0.6 is 0 Å². The third-order valence-electron chi connectivity index (χ3n) is 7.60. The van der Waals surface area contributed by atoms with Crippen molar-refractivity contribution >= 4 is 33.0 Å². The molecule has 0 bridgehead atoms. The van der Waals surface area contributed by atoms with Crippen molar-refractivity contribution in [3.8, 4) is 5.75 Å². The van der Waals surface area contributed by atoms with Crippen LogP contribution in [0, 0.1) is 6.92 Å². The average molecular weight is 604 g/mol. The highest BCUT2D eigenvalue weighted by molar-refractivity contribution is 7.92. The minimum atomic E-state index is -3.97. The fourth-order valence-corrected chi connectivity index (χ4v) is 6.57. The third kappa shape index (κ3) is 5.89. The Hall–Kier alpha value is -5.08. The minimum Gasteiger partial charge on any atom is -0.494 e. The average Bonchev–Trinajstić information content (AvgIpc) is 3.04. The number of amides is 1. The Labute approximate surface area is 258 Å². The molecule has 1 atom stereocenters. The van der Waals surface area contributed by atoms with Gasteiger partial charge in [0.1, 0.15) is 11.9 Å². The first-order valence-corrected chi connectivity index (χ1v) is 16.0. The summed E-state index contributed by atoms with van der Waals surface area (Å²) < 4.78 is 35.4. The van der Waals surface area contributed by atoms with Gasteiger partial charge in [-0.2, -0.15) is 0 Å². The van der Waals surface area contributed by atoms with E-state index in [9.17, 15) is 13.2 Å². The van der Waals surface area contributed by atoms with Crippen molar-refractivity contribution < 1.29 is 17.9 Å². The molecule has 0 saturated carbocycles. The molecule has 0 spiro atoms. The van der Waals surface area contributed by atoms with Gasteiger partial charge < -0.3 is 9.64 Å². The number of fused-ring (bicyclic) bond motifs is 1. The van der Waals surface area contributed by atoms with Gasteiger partial charge in [-0.15, -0.1) is 0 Å². The van der Waals surface area contributed by atoms with Gasteiger partial charge in [-0.05, 0) is 79.6 Å². The van der Waals surface area contributed by atoms with E-state index in [1.54, 1.807) is 29.2 Å². The summed E-state index contributed by atoms with van der Waals surface area (Å²) in [7, 11) is -3.97. The Morgan fingerprint density at radius 3 is 2.11 bits per heavy atom. The fourth-order valence-electron chi connectivity index (χ4n) is 5.49. The lowest BCUT2D eigenvalue weighted by atomic mass is 9.99. The van der Waals surface area contributed by atoms with E-state index in [0.29, 0.717) is 41.5 Å². The summed E-state index contributed by atoms with van der Waals surface area (Å²) in [5.41, 5.74) is 5.07. The van der Waals surface area contributed by atoms with Crippen LogP contribution < -0.4 is 19.3 Å². The number of carbonyl (C=O) groups is 1. The Morgan fingerprint density at radius 2 is 1.45 bits per heavy atom. The molecular formula is C36H33N3O4S. The first-order chi connectivity index (χ1) is 21.3. The highest BCUT2D eigenvalue weighted by Gasteiger charge is 2.40. The van der Waals surface area contributed by atoms with Gasteiger partial charge in [0.2, 0.25) is 0 Å². The molecule has 6 rings (SSSR count). The van der Waals surface area contributed by atoms with Gasteiger partial charge in [0, 0.05) is 17.9 Å². The highest BCUT2D eigenvalue weighted by Crippen LogP contribution is 2.43. The topological polar surface area (TPSA) is 78.9 Å². The molecule has 1 aliphatic rings. The van der Waals surface area contributed by atoms with E-state index in [1.165, 1.54) is 6.07 Å². The van der Waals surface area contributed by atoms with Crippen LogP contribution in [0.3, 0.4) is 0 Å². The number of nitrogens with one attached hydrogen (secondary N) is 1. The van der Waals surface area contributed by atoms with Crippen molar-refractivity contribution in [1.29, 1.82) is 0 Å². The highest BCUT2D eigenvalue weighted by atomic mass is 32.2. The largest absolute Gasteiger partial charge is 0.494 e. The lowest BCUT2D eigenvalue weighted by molar-refractivity contribution is 0.0968. The SMILES string of the molecule is CCOc1ccc(N2C(=O)c3cc(S(=O)(=O)Nc4ccc(C)cc4)ccc3N(Cc3ccccc3)[C@H]2c2ccccc2)cc1. The zero-order chi connectivity index (χ0) is 30.7. The number of rotatable bonds is 9. The van der Waals surface area contributed by atoms with Gasteiger partial charge in [-0.1, -0.05) is 78.4 Å². The number of carbonyl (C=O) groups excluding carboxylic acids is 1. The molecule has 0 fully saturated rings. The predicted octanol–water partition coefficient (Wildman–Crippen LogP) is 7.56. The molecule has 5 aromatic rings. The summed E-state index contributed by atoms with van der Waals surface area (Å²) >= 11 is 0. The number of sulfonamides is 1. The van der Waals surface area contributed by atoms with Gasteiger partial charge in [0.25, 0.3) is 15.9 Å². The van der Waals surface area contributed by atoms with Crippen LogP contribution in [0.4, 0.5) is 17.1 Å². The maximum absolute atomic E-state index is 14.5. The molecular weight excluding hydrogens is 570 g/mol. The van der Waals surface area contributed by atoms with Crippen molar-refractivity contribution in [2.45, 2.75) is 31.5 Å². The number of ether oxygens (including phenoxy) is 1. The lowest BCUT2D eigenvalue weighted by Gasteiger charge is -2.46. The standard InChI is InChI=1S/C36H33N3O4S/c1-3-43-31-20-18-30(19-21-31)39-35(28-12-8-5-9-13-28)38(25-27-10-6-4-7-11-27)34-23-22-32(24-33(34)36(39)40)44(41,42)37-29-16-14-26(2)15-17-29/h4-24,35,37H,3,25H2,1-2H3/t35-/m1/s1. The summed E-state index contributed by atoms with van der Waals surface area (Å²) in [6.45, 7) is 4.88. The monoisotopic (exact) mass is 603 g/mol. The maximum Gasteiger partial charge on any atom is 0.262 e. The minimum absolute atomic E-state index is 0.00893. The van der Waals surface area contributed by atoms with E-state index in [2.05, 4.69) is 9.62 Å². The number of hydrogen-bond donors (Lipinski definition) is 1. The van der Waals surface area contributed by atoms with Crippen LogP contribution in [0.15, 0.2) is 132 Å². The number of hydrogen-bond acceptors (Lipinski definition) is 5. The third-order valence-corrected chi connectivity index (χ3v) is 8.98. The van der Waals surface area contributed by atoms with E-state index in [-0.39, 0.29) is 10.8 Å². The molecule has 5 aromatic carbocycles. The summed E-state index contributed by atoms with van der Waals surface area (Å²) in [6.07, 6.45) is -0.498. The van der Waals surface area contributed by atoms with E-state index in [1.807, 2.05) is 111 Å². The van der Waals surface area contributed by atoms with Crippen molar-refractivity contribution in [1.82, 2.24) is 0 Å². The van der Waals surface area contributed by atoms with E-state index >= 15 is 0 Å². The van der Waals surface area contributed by atoms with Crippen LogP contribution in [0.25, 0.3) is 0 Å². The first kappa shape index (κ1) is 29.0. The van der Waals surface area contributed by atoms with Gasteiger partial charge >= 0.3 is 0 Å². The van der Waals surface area contributed by atoms with Crippen molar-refractivity contribution in [2.75, 3.05) is 21.1 Å². The summed E-state index contributed by atoms with van der Waals surface area (Å²) in [5, 5.41) is 0. The summed E-state index contributed by atoms with van der Waals surface area (Å²) in [4.78, 5) is 18.4. The van der Waals surface area contributed by atoms with Crippen molar-refractivity contribution in [2.24, 2.45) is 0 Å². The van der Waals surface area contributed by atoms with Crippen molar-refractivity contribution in [3.63, 3.8) is 0 Å². The molecule has 0 radical (unpaired) electrons. The fraction of sp³-hybridized carbons (Fsp3) is 0.139. The van der Waals surface area contributed by atoms with Gasteiger partial charge in [-0.3, -0.25) is 14.4 Å². The van der Waals surface area contributed by atoms with Crippen LogP contribution in [0.1, 0.15) is 40.1 Å². The second-order valence-electron chi connectivity index (χ2n) is 10.7. The quantitative estimate of drug-likeness (QED) is 0.188. The zero-order valence-electron chi connectivity index (χ0n) is 24.6. The molecule has 0 aliphatic carbocycles. The second kappa shape index (κ2) is 12.3. The molecule has 8 heteroatoms. The second-order valence-corrected chi connectivity index (χ2v) is 12.3. The number of anilines is 3. The molecule has 44 heavy (non-hydrogen) atoms. The van der Waals surface area contributed by atoms with Crippen LogP contribution in [0.2, 0.25) is 0 Å². The number of nitrogens with zero attached hydrogens (tertiary/aromatic N) is 2. The molecule has 7 nitrogen and oxygen atoms in total. The molecule has 1 amide bonds. The Balaban J connectivity index is 1.50. The first-order valence-electron chi connectivity index (χ1n) is 14.5. The molecule has 1 heterocycles. The zero-order valence-corrected chi connectivity index (χ0v) is 25.4. The Bertz CT molecular complexity index is 1860. The number of benzene rings is 5. The molecule has 0 saturated heterocycles. The normalized spacial score (nSPS) is 14.7. The molecule has 0 aromatic heterocycles. The van der Waals surface area contributed by atoms with Gasteiger partial charge in [0.15, 0.2) is 0 Å². The molecule has 222 valence electrons. The molecule has 1 N–H and O–H groups in total. The van der Waals surface area contributed by atoms with Crippen LogP contribution in [-0.2, 0) is 16.6 Å². The molecule has 1 aliphatic heterocycles.